The van der Waals surface area contributed by atoms with E-state index in [-0.39, 0.29) is 11.6 Å². The molecule has 0 atom stereocenters. The molecular weight excluding hydrogens is 641 g/mol. The van der Waals surface area contributed by atoms with Crippen LogP contribution in [0.1, 0.15) is 30.9 Å². The number of anilines is 1. The van der Waals surface area contributed by atoms with Crippen molar-refractivity contribution in [2.45, 2.75) is 26.3 Å². The van der Waals surface area contributed by atoms with Gasteiger partial charge in [-0.3, -0.25) is 4.79 Å². The molecule has 216 valence electrons. The van der Waals surface area contributed by atoms with Gasteiger partial charge < -0.3 is 0 Å². The molecule has 3 heterocycles. The van der Waals surface area contributed by atoms with Crippen molar-refractivity contribution in [3.8, 4) is 17.3 Å². The summed E-state index contributed by atoms with van der Waals surface area (Å²) in [6, 6.07) is 22.3. The van der Waals surface area contributed by atoms with Gasteiger partial charge in [0.1, 0.15) is 0 Å². The van der Waals surface area contributed by atoms with Crippen molar-refractivity contribution in [3.63, 3.8) is 0 Å². The van der Waals surface area contributed by atoms with Gasteiger partial charge in [0.05, 0.1) is 0 Å². The van der Waals surface area contributed by atoms with Crippen LogP contribution < -0.4 is 15.8 Å². The summed E-state index contributed by atoms with van der Waals surface area (Å²) in [6.45, 7) is 3.15. The van der Waals surface area contributed by atoms with Crippen LogP contribution in [0.5, 0.6) is 0 Å². The predicted octanol–water partition coefficient (Wildman–Crippen LogP) is 6.10. The molecule has 0 radical (unpaired) electrons. The molecule has 0 aliphatic rings. The number of pyridine rings is 3. The number of urea groups is 1. The predicted molar refractivity (Wildman–Crippen MR) is 177 cm³/mol. The molecule has 1 aromatic carbocycles. The first kappa shape index (κ1) is 30.6. The van der Waals surface area contributed by atoms with Crippen LogP contribution in [0.4, 0.5) is 16.3 Å². The van der Waals surface area contributed by atoms with E-state index in [4.69, 9.17) is 5.26 Å². The molecule has 0 aliphatic carbocycles. The van der Waals surface area contributed by atoms with Crippen LogP contribution in [0.2, 0.25) is 0 Å². The first-order valence-corrected chi connectivity index (χ1v) is 18.0. The van der Waals surface area contributed by atoms with Crippen molar-refractivity contribution < 1.29 is 4.79 Å². The number of amides is 2. The second kappa shape index (κ2) is 15.6. The summed E-state index contributed by atoms with van der Waals surface area (Å²) in [7, 11) is 1.71. The molecule has 0 aliphatic heterocycles. The third-order valence-electron chi connectivity index (χ3n) is 6.36. The maximum absolute atomic E-state index is 13.4. The monoisotopic (exact) mass is 675 g/mol. The number of nitrogens with zero attached hydrogens (tertiary/aromatic N) is 6. The molecule has 0 saturated heterocycles. The van der Waals surface area contributed by atoms with Crippen molar-refractivity contribution in [3.05, 3.63) is 107 Å². The molecular formula is C32H34IN7O2. The number of aromatic nitrogens is 3. The fraction of sp³-hybridized carbons (Fsp3) is 0.250. The van der Waals surface area contributed by atoms with Crippen LogP contribution in [0.25, 0.3) is 11.3 Å². The van der Waals surface area contributed by atoms with Gasteiger partial charge in [0.2, 0.25) is 0 Å². The van der Waals surface area contributed by atoms with Gasteiger partial charge in [-0.1, -0.05) is 0 Å². The zero-order valence-electron chi connectivity index (χ0n) is 23.8. The minimum absolute atomic E-state index is 0.0831. The molecule has 10 heteroatoms. The average molecular weight is 676 g/mol. The van der Waals surface area contributed by atoms with Gasteiger partial charge in [0, 0.05) is 0 Å². The summed E-state index contributed by atoms with van der Waals surface area (Å²) in [6.07, 6.45) is 6.91. The van der Waals surface area contributed by atoms with Gasteiger partial charge in [-0.25, -0.2) is 0 Å². The topological polar surface area (TPSA) is 116 Å². The summed E-state index contributed by atoms with van der Waals surface area (Å²) in [4.78, 5) is 40.4. The van der Waals surface area contributed by atoms with Crippen LogP contribution in [-0.2, 0) is 13.6 Å². The van der Waals surface area contributed by atoms with Gasteiger partial charge >= 0.3 is 249 Å². The Morgan fingerprint density at radius 2 is 1.90 bits per heavy atom. The molecule has 2 amide bonds. The van der Waals surface area contributed by atoms with Crippen LogP contribution in [0.15, 0.2) is 95.1 Å². The molecule has 0 bridgehead atoms. The molecule has 0 unspecified atom stereocenters. The number of rotatable bonds is 12. The number of alkyl halides is 2. The number of aryl methyl sites for hydroxylation is 1. The minimum atomic E-state index is -1.53. The first-order chi connectivity index (χ1) is 20.5. The Labute approximate surface area is 253 Å². The zero-order valence-corrected chi connectivity index (χ0v) is 25.9. The van der Waals surface area contributed by atoms with E-state index in [1.54, 1.807) is 42.5 Å². The molecule has 0 fully saturated rings. The molecule has 0 spiro atoms. The summed E-state index contributed by atoms with van der Waals surface area (Å²) >= 11 is -1.53. The molecule has 9 nitrogen and oxygen atoms in total. The van der Waals surface area contributed by atoms with E-state index in [1.165, 1.54) is 16.8 Å². The second-order valence-electron chi connectivity index (χ2n) is 9.54. The van der Waals surface area contributed by atoms with Crippen molar-refractivity contribution in [1.29, 1.82) is 5.26 Å². The molecule has 1 N–H and O–H groups in total. The van der Waals surface area contributed by atoms with E-state index in [0.29, 0.717) is 30.2 Å². The van der Waals surface area contributed by atoms with Crippen LogP contribution in [0, 0.1) is 11.3 Å². The van der Waals surface area contributed by atoms with E-state index in [9.17, 15) is 9.59 Å². The van der Waals surface area contributed by atoms with Gasteiger partial charge in [0.15, 0.2) is 0 Å². The standard InChI is InChI=1S/C32H34IN7O2/c1-3-16-33(24-38-30-14-10-26(19-34)21-36-30)17-7-18-40(32(42)37-20-25-8-5-4-6-9-25)28-12-13-29(35-22-28)27-11-15-31(41)39(2)23-27/h4-6,8-15,21-24H,3,7,16-18,20H2,1-2H3,(H,37,42). The number of hydrogen-bond donors (Lipinski definition) is 1. The number of carbonyl (C=O) groups is 1. The number of hydrogen-bond acceptors (Lipinski definition) is 6. The number of nitrogens with one attached hydrogen (secondary N) is 1. The maximum atomic E-state index is 13.4. The Kier molecular flexibility index (Phi) is 11.3. The fourth-order valence-electron chi connectivity index (χ4n) is 4.15. The Hall–Kier alpha value is -4.37. The van der Waals surface area contributed by atoms with E-state index in [0.717, 1.165) is 38.5 Å². The molecule has 42 heavy (non-hydrogen) atoms. The van der Waals surface area contributed by atoms with Crippen molar-refractivity contribution in [2.75, 3.05) is 20.3 Å². The zero-order chi connectivity index (χ0) is 29.7. The molecule has 4 aromatic rings. The molecule has 4 rings (SSSR count). The second-order valence-corrected chi connectivity index (χ2v) is 15.1. The Morgan fingerprint density at radius 3 is 2.57 bits per heavy atom. The van der Waals surface area contributed by atoms with Gasteiger partial charge in [0.25, 0.3) is 0 Å². The van der Waals surface area contributed by atoms with E-state index in [1.807, 2.05) is 42.5 Å². The Bertz CT molecular complexity index is 1580. The van der Waals surface area contributed by atoms with Crippen LogP contribution in [-0.4, -0.2) is 40.2 Å². The fourth-order valence-corrected chi connectivity index (χ4v) is 8.63. The first-order valence-electron chi connectivity index (χ1n) is 13.7. The summed E-state index contributed by atoms with van der Waals surface area (Å²) in [5, 5.41) is 12.0. The SMILES string of the molecule is CCCI(C=Nc1ccc(C#N)cn1)CCCN(C(=O)NCc1ccccc1)c1ccc(-c2ccc(=O)n(C)c2)nc1. The Morgan fingerprint density at radius 1 is 1.07 bits per heavy atom. The number of carbonyl (C=O) groups excluding carboxylic acids is 1. The third-order valence-corrected chi connectivity index (χ3v) is 12.0. The molecule has 0 saturated carbocycles. The normalized spacial score (nSPS) is 11.2. The summed E-state index contributed by atoms with van der Waals surface area (Å²) in [5.74, 6) is 0.610. The number of halogens is 1. The van der Waals surface area contributed by atoms with Gasteiger partial charge in [-0.15, -0.1) is 0 Å². The number of nitriles is 1. The van der Waals surface area contributed by atoms with Crippen molar-refractivity contribution in [1.82, 2.24) is 19.9 Å². The summed E-state index contributed by atoms with van der Waals surface area (Å²) < 4.78 is 5.74. The Balaban J connectivity index is 1.47. The number of aliphatic imine (C=N–C) groups is 1. The van der Waals surface area contributed by atoms with E-state index < -0.39 is 19.8 Å². The summed E-state index contributed by atoms with van der Waals surface area (Å²) in [5.41, 5.74) is 3.72. The quantitative estimate of drug-likeness (QED) is 0.111. The van der Waals surface area contributed by atoms with Crippen molar-refractivity contribution >= 4 is 41.6 Å². The average Bonchev–Trinajstić information content (AvgIpc) is 3.03. The van der Waals surface area contributed by atoms with E-state index >= 15 is 0 Å². The van der Waals surface area contributed by atoms with Crippen LogP contribution in [0.3, 0.4) is 0 Å². The molecule has 3 aromatic heterocycles. The van der Waals surface area contributed by atoms with Crippen LogP contribution >= 0.6 is 19.8 Å². The third kappa shape index (κ3) is 8.81. The number of benzene rings is 1. The van der Waals surface area contributed by atoms with Gasteiger partial charge in [-0.2, -0.15) is 0 Å². The van der Waals surface area contributed by atoms with Crippen molar-refractivity contribution in [2.24, 2.45) is 12.0 Å². The van der Waals surface area contributed by atoms with E-state index in [2.05, 4.69) is 37.5 Å². The van der Waals surface area contributed by atoms with Gasteiger partial charge in [-0.05, 0) is 0 Å².